The van der Waals surface area contributed by atoms with Crippen LogP contribution in [0.2, 0.25) is 0 Å². The number of benzene rings is 1. The van der Waals surface area contributed by atoms with Crippen LogP contribution in [0, 0.1) is 0 Å². The normalized spacial score (nSPS) is 14.8. The van der Waals surface area contributed by atoms with Gasteiger partial charge in [0.15, 0.2) is 0 Å². The first kappa shape index (κ1) is 14.7. The van der Waals surface area contributed by atoms with E-state index in [-0.39, 0.29) is 5.91 Å². The van der Waals surface area contributed by atoms with E-state index in [0.29, 0.717) is 18.8 Å². The average Bonchev–Trinajstić information content (AvgIpc) is 3.10. The van der Waals surface area contributed by atoms with Crippen molar-refractivity contribution in [3.8, 4) is 0 Å². The summed E-state index contributed by atoms with van der Waals surface area (Å²) in [6.07, 6.45) is 5.33. The summed E-state index contributed by atoms with van der Waals surface area (Å²) in [6.45, 7) is 3.07. The number of para-hydroxylation sites is 2. The number of imidazole rings is 1. The highest BCUT2D eigenvalue weighted by atomic mass is 16.5. The van der Waals surface area contributed by atoms with Gasteiger partial charge in [-0.25, -0.2) is 4.98 Å². The second kappa shape index (κ2) is 6.33. The van der Waals surface area contributed by atoms with Crippen LogP contribution in [0.25, 0.3) is 5.65 Å². The van der Waals surface area contributed by atoms with Crippen LogP contribution >= 0.6 is 0 Å². The molecule has 6 heteroatoms. The molecule has 3 heterocycles. The maximum absolute atomic E-state index is 12.6. The largest absolute Gasteiger partial charge is 0.378 e. The van der Waals surface area contributed by atoms with Gasteiger partial charge in [0.25, 0.3) is 5.91 Å². The monoisotopic (exact) mass is 322 g/mol. The zero-order valence-corrected chi connectivity index (χ0v) is 13.2. The second-order valence-electron chi connectivity index (χ2n) is 5.68. The van der Waals surface area contributed by atoms with Crippen LogP contribution in [0.3, 0.4) is 0 Å². The van der Waals surface area contributed by atoms with Gasteiger partial charge in [-0.15, -0.1) is 0 Å². The minimum absolute atomic E-state index is 0.133. The van der Waals surface area contributed by atoms with Crippen LogP contribution in [0.5, 0.6) is 0 Å². The number of rotatable bonds is 3. The number of fused-ring (bicyclic) bond motifs is 1. The Kier molecular flexibility index (Phi) is 3.88. The number of aromatic nitrogens is 2. The molecular weight excluding hydrogens is 304 g/mol. The smallest absolute Gasteiger partial charge is 0.257 e. The van der Waals surface area contributed by atoms with Gasteiger partial charge < -0.3 is 19.4 Å². The van der Waals surface area contributed by atoms with Crippen molar-refractivity contribution in [2.24, 2.45) is 0 Å². The fourth-order valence-electron chi connectivity index (χ4n) is 2.91. The standard InChI is InChI=1S/C18H18N4O2/c23-18(14-5-6-17-19-7-8-22(17)13-14)20-15-3-1-2-4-16(15)21-9-11-24-12-10-21/h1-8,13H,9-12H2,(H,20,23). The van der Waals surface area contributed by atoms with Crippen LogP contribution < -0.4 is 10.2 Å². The molecule has 0 unspecified atom stereocenters. The summed E-state index contributed by atoms with van der Waals surface area (Å²) in [4.78, 5) is 19.1. The molecule has 1 fully saturated rings. The fourth-order valence-corrected chi connectivity index (χ4v) is 2.91. The lowest BCUT2D eigenvalue weighted by Gasteiger charge is -2.30. The summed E-state index contributed by atoms with van der Waals surface area (Å²) >= 11 is 0. The Morgan fingerprint density at radius 3 is 2.83 bits per heavy atom. The van der Waals surface area contributed by atoms with Gasteiger partial charge >= 0.3 is 0 Å². The summed E-state index contributed by atoms with van der Waals surface area (Å²) < 4.78 is 7.24. The van der Waals surface area contributed by atoms with Gasteiger partial charge in [0, 0.05) is 31.7 Å². The molecule has 4 rings (SSSR count). The number of nitrogens with one attached hydrogen (secondary N) is 1. The molecule has 1 amide bonds. The Morgan fingerprint density at radius 1 is 1.12 bits per heavy atom. The first-order valence-corrected chi connectivity index (χ1v) is 7.97. The number of ether oxygens (including phenoxy) is 1. The molecule has 0 spiro atoms. The van der Waals surface area contributed by atoms with Gasteiger partial charge in [-0.1, -0.05) is 12.1 Å². The van der Waals surface area contributed by atoms with E-state index in [4.69, 9.17) is 4.74 Å². The molecule has 0 radical (unpaired) electrons. The number of hydrogen-bond acceptors (Lipinski definition) is 4. The molecule has 0 bridgehead atoms. The quantitative estimate of drug-likeness (QED) is 0.804. The summed E-state index contributed by atoms with van der Waals surface area (Å²) in [5.74, 6) is -0.133. The minimum Gasteiger partial charge on any atom is -0.378 e. The molecule has 1 N–H and O–H groups in total. The van der Waals surface area contributed by atoms with E-state index in [1.54, 1.807) is 18.5 Å². The number of anilines is 2. The van der Waals surface area contributed by atoms with E-state index < -0.39 is 0 Å². The summed E-state index contributed by atoms with van der Waals surface area (Å²) in [5.41, 5.74) is 3.26. The summed E-state index contributed by atoms with van der Waals surface area (Å²) in [7, 11) is 0. The van der Waals surface area contributed by atoms with Crippen LogP contribution in [0.15, 0.2) is 55.0 Å². The Hall–Kier alpha value is -2.86. The molecule has 1 saturated heterocycles. The molecule has 0 saturated carbocycles. The second-order valence-corrected chi connectivity index (χ2v) is 5.68. The molecule has 24 heavy (non-hydrogen) atoms. The van der Waals surface area contributed by atoms with E-state index >= 15 is 0 Å². The number of morpholine rings is 1. The van der Waals surface area contributed by atoms with Gasteiger partial charge in [-0.3, -0.25) is 4.79 Å². The van der Waals surface area contributed by atoms with Crippen LogP contribution in [-0.4, -0.2) is 41.6 Å². The van der Waals surface area contributed by atoms with Gasteiger partial charge in [-0.2, -0.15) is 0 Å². The molecule has 2 aromatic heterocycles. The Bertz CT molecular complexity index is 868. The first-order chi connectivity index (χ1) is 11.8. The maximum atomic E-state index is 12.6. The van der Waals surface area contributed by atoms with Crippen molar-refractivity contribution in [1.82, 2.24) is 9.38 Å². The van der Waals surface area contributed by atoms with Crippen molar-refractivity contribution in [3.05, 3.63) is 60.6 Å². The van der Waals surface area contributed by atoms with Crippen molar-refractivity contribution in [2.75, 3.05) is 36.5 Å². The van der Waals surface area contributed by atoms with Gasteiger partial charge in [0.2, 0.25) is 0 Å². The van der Waals surface area contributed by atoms with Gasteiger partial charge in [-0.05, 0) is 24.3 Å². The van der Waals surface area contributed by atoms with Crippen molar-refractivity contribution >= 4 is 22.9 Å². The topological polar surface area (TPSA) is 58.9 Å². The third-order valence-electron chi connectivity index (χ3n) is 4.15. The number of carbonyl (C=O) groups is 1. The highest BCUT2D eigenvalue weighted by Gasteiger charge is 2.16. The van der Waals surface area contributed by atoms with Gasteiger partial charge in [0.1, 0.15) is 5.65 Å². The Morgan fingerprint density at radius 2 is 1.96 bits per heavy atom. The lowest BCUT2D eigenvalue weighted by Crippen LogP contribution is -2.36. The molecule has 0 atom stereocenters. The number of pyridine rings is 1. The van der Waals surface area contributed by atoms with Crippen molar-refractivity contribution in [1.29, 1.82) is 0 Å². The molecule has 122 valence electrons. The molecule has 1 aliphatic rings. The first-order valence-electron chi connectivity index (χ1n) is 7.97. The van der Waals surface area contributed by atoms with Crippen LogP contribution in [0.1, 0.15) is 10.4 Å². The van der Waals surface area contributed by atoms with Crippen molar-refractivity contribution in [2.45, 2.75) is 0 Å². The lowest BCUT2D eigenvalue weighted by atomic mass is 10.2. The molecule has 1 aromatic carbocycles. The van der Waals surface area contributed by atoms with E-state index in [2.05, 4.69) is 15.2 Å². The van der Waals surface area contributed by atoms with Crippen LogP contribution in [-0.2, 0) is 4.74 Å². The number of amides is 1. The van der Waals surface area contributed by atoms with E-state index in [1.807, 2.05) is 40.9 Å². The van der Waals surface area contributed by atoms with Crippen molar-refractivity contribution < 1.29 is 9.53 Å². The van der Waals surface area contributed by atoms with E-state index in [9.17, 15) is 4.79 Å². The minimum atomic E-state index is -0.133. The number of carbonyl (C=O) groups excluding carboxylic acids is 1. The third kappa shape index (κ3) is 2.83. The predicted octanol–water partition coefficient (Wildman–Crippen LogP) is 2.42. The fraction of sp³-hybridized carbons (Fsp3) is 0.222. The average molecular weight is 322 g/mol. The highest BCUT2D eigenvalue weighted by Crippen LogP contribution is 2.26. The molecule has 3 aromatic rings. The van der Waals surface area contributed by atoms with Crippen LogP contribution in [0.4, 0.5) is 11.4 Å². The Labute approximate surface area is 139 Å². The number of nitrogens with zero attached hydrogens (tertiary/aromatic N) is 3. The van der Waals surface area contributed by atoms with Crippen molar-refractivity contribution in [3.63, 3.8) is 0 Å². The predicted molar refractivity (Wildman–Crippen MR) is 92.6 cm³/mol. The SMILES string of the molecule is O=C(Nc1ccccc1N1CCOCC1)c1ccc2nccn2c1. The maximum Gasteiger partial charge on any atom is 0.257 e. The Balaban J connectivity index is 1.59. The third-order valence-corrected chi connectivity index (χ3v) is 4.15. The lowest BCUT2D eigenvalue weighted by molar-refractivity contribution is 0.102. The van der Waals surface area contributed by atoms with E-state index in [0.717, 1.165) is 30.1 Å². The molecule has 1 aliphatic heterocycles. The zero-order chi connectivity index (χ0) is 16.4. The molecule has 6 nitrogen and oxygen atoms in total. The summed E-state index contributed by atoms with van der Waals surface area (Å²) in [5, 5.41) is 3.03. The molecular formula is C18H18N4O2. The van der Waals surface area contributed by atoms with Gasteiger partial charge in [0.05, 0.1) is 30.2 Å². The highest BCUT2D eigenvalue weighted by molar-refractivity contribution is 6.05. The summed E-state index contributed by atoms with van der Waals surface area (Å²) in [6, 6.07) is 11.5. The molecule has 0 aliphatic carbocycles. The van der Waals surface area contributed by atoms with E-state index in [1.165, 1.54) is 0 Å². The zero-order valence-electron chi connectivity index (χ0n) is 13.2. The number of hydrogen-bond donors (Lipinski definition) is 1.